The smallest absolute Gasteiger partial charge is 0.0757 e. The summed E-state index contributed by atoms with van der Waals surface area (Å²) in [7, 11) is 0. The molecule has 0 aromatic carbocycles. The van der Waals surface area contributed by atoms with Crippen molar-refractivity contribution in [1.29, 1.82) is 0 Å². The Labute approximate surface area is 69.2 Å². The van der Waals surface area contributed by atoms with Crippen molar-refractivity contribution in [3.63, 3.8) is 0 Å². The lowest BCUT2D eigenvalue weighted by Gasteiger charge is -2.12. The van der Waals surface area contributed by atoms with Gasteiger partial charge in [0.2, 0.25) is 0 Å². The monoisotopic (exact) mass is 159 g/mol. The first-order chi connectivity index (χ1) is 4.52. The summed E-state index contributed by atoms with van der Waals surface area (Å²) >= 11 is 5.10. The van der Waals surface area contributed by atoms with Crippen molar-refractivity contribution in [1.82, 2.24) is 5.32 Å². The maximum atomic E-state index is 5.10. The van der Waals surface area contributed by atoms with Gasteiger partial charge in [0.15, 0.2) is 0 Å². The molecule has 0 amide bonds. The third-order valence-electron chi connectivity index (χ3n) is 1.04. The average Bonchev–Trinajstić information content (AvgIpc) is 1.58. The first-order valence-corrected chi connectivity index (χ1v) is 4.22. The molecule has 0 rings (SSSR count). The van der Waals surface area contributed by atoms with Crippen LogP contribution in [0.5, 0.6) is 0 Å². The van der Waals surface area contributed by atoms with Gasteiger partial charge in [0, 0.05) is 12.5 Å². The second-order valence-corrected chi connectivity index (χ2v) is 3.81. The fourth-order valence-corrected chi connectivity index (χ4v) is 1.32. The molecular weight excluding hydrogens is 142 g/mol. The third-order valence-corrected chi connectivity index (χ3v) is 1.33. The Hall–Kier alpha value is -0.110. The van der Waals surface area contributed by atoms with E-state index in [1.807, 2.05) is 0 Å². The van der Waals surface area contributed by atoms with Gasteiger partial charge in [-0.25, -0.2) is 0 Å². The summed E-state index contributed by atoms with van der Waals surface area (Å²) < 4.78 is 0. The Morgan fingerprint density at radius 3 is 2.10 bits per heavy atom. The minimum absolute atomic E-state index is 0.478. The molecule has 1 N–H and O–H groups in total. The van der Waals surface area contributed by atoms with Crippen LogP contribution in [0.2, 0.25) is 0 Å². The number of hydrogen-bond acceptors (Lipinski definition) is 1. The fraction of sp³-hybridized carbons (Fsp3) is 0.875. The highest BCUT2D eigenvalue weighted by molar-refractivity contribution is 7.80. The van der Waals surface area contributed by atoms with Crippen molar-refractivity contribution < 1.29 is 0 Å². The fourth-order valence-electron chi connectivity index (χ4n) is 0.752. The van der Waals surface area contributed by atoms with Crippen LogP contribution in [0.1, 0.15) is 34.1 Å². The molecule has 0 bridgehead atoms. The molecule has 0 unspecified atom stereocenters. The molecule has 0 saturated carbocycles. The van der Waals surface area contributed by atoms with Crippen molar-refractivity contribution in [3.05, 3.63) is 0 Å². The molecule has 0 aromatic heterocycles. The molecule has 0 spiro atoms. The summed E-state index contributed by atoms with van der Waals surface area (Å²) in [5, 5.41) is 3.21. The number of rotatable bonds is 3. The van der Waals surface area contributed by atoms with Crippen molar-refractivity contribution in [2.45, 2.75) is 40.2 Å². The van der Waals surface area contributed by atoms with Crippen LogP contribution in [0.25, 0.3) is 0 Å². The molecule has 0 aliphatic rings. The van der Waals surface area contributed by atoms with Gasteiger partial charge in [-0.05, 0) is 19.8 Å². The predicted octanol–water partition coefficient (Wildman–Crippen LogP) is 2.36. The van der Waals surface area contributed by atoms with Crippen LogP contribution < -0.4 is 5.32 Å². The Bertz CT molecular complexity index is 95.8. The van der Waals surface area contributed by atoms with Gasteiger partial charge in [-0.2, -0.15) is 0 Å². The van der Waals surface area contributed by atoms with Crippen LogP contribution in [0.3, 0.4) is 0 Å². The molecule has 0 radical (unpaired) electrons. The zero-order valence-electron chi connectivity index (χ0n) is 7.27. The van der Waals surface area contributed by atoms with Crippen molar-refractivity contribution >= 4 is 17.2 Å². The number of hydrogen-bond donors (Lipinski definition) is 1. The van der Waals surface area contributed by atoms with Crippen molar-refractivity contribution in [2.24, 2.45) is 5.92 Å². The molecule has 0 saturated heterocycles. The van der Waals surface area contributed by atoms with Gasteiger partial charge in [-0.15, -0.1) is 0 Å². The first kappa shape index (κ1) is 9.89. The number of nitrogens with one attached hydrogen (secondary N) is 1. The van der Waals surface area contributed by atoms with E-state index in [9.17, 15) is 0 Å². The van der Waals surface area contributed by atoms with Crippen LogP contribution in [0, 0.1) is 5.92 Å². The van der Waals surface area contributed by atoms with Crippen molar-refractivity contribution in [2.75, 3.05) is 0 Å². The lowest BCUT2D eigenvalue weighted by molar-refractivity contribution is 0.653. The highest BCUT2D eigenvalue weighted by atomic mass is 32.1. The molecule has 0 heterocycles. The van der Waals surface area contributed by atoms with Crippen molar-refractivity contribution in [3.8, 4) is 0 Å². The second-order valence-electron chi connectivity index (χ2n) is 3.32. The predicted molar refractivity (Wildman–Crippen MR) is 50.3 cm³/mol. The third kappa shape index (κ3) is 6.02. The zero-order valence-corrected chi connectivity index (χ0v) is 8.09. The van der Waals surface area contributed by atoms with Crippen LogP contribution >= 0.6 is 12.2 Å². The van der Waals surface area contributed by atoms with E-state index in [0.29, 0.717) is 12.0 Å². The quantitative estimate of drug-likeness (QED) is 0.634. The SMILES string of the molecule is CC(C)CC(=S)NC(C)C. The average molecular weight is 159 g/mol. The highest BCUT2D eigenvalue weighted by Crippen LogP contribution is 2.00. The maximum Gasteiger partial charge on any atom is 0.0757 e. The van der Waals surface area contributed by atoms with E-state index in [4.69, 9.17) is 12.2 Å². The molecule has 0 aliphatic carbocycles. The summed E-state index contributed by atoms with van der Waals surface area (Å²) in [6.07, 6.45) is 1.01. The van der Waals surface area contributed by atoms with Gasteiger partial charge in [0.1, 0.15) is 0 Å². The van der Waals surface area contributed by atoms with Gasteiger partial charge in [0.25, 0.3) is 0 Å². The molecular formula is C8H17NS. The minimum atomic E-state index is 0.478. The van der Waals surface area contributed by atoms with Gasteiger partial charge in [-0.3, -0.25) is 0 Å². The standard InChI is InChI=1S/C8H17NS/c1-6(2)5-8(10)9-7(3)4/h6-7H,5H2,1-4H3,(H,9,10). The Morgan fingerprint density at radius 1 is 1.30 bits per heavy atom. The van der Waals surface area contributed by atoms with Crippen LogP contribution in [-0.2, 0) is 0 Å². The molecule has 0 aromatic rings. The Kier molecular flexibility index (Phi) is 4.62. The molecule has 10 heavy (non-hydrogen) atoms. The van der Waals surface area contributed by atoms with E-state index < -0.39 is 0 Å². The van der Waals surface area contributed by atoms with Gasteiger partial charge in [-0.1, -0.05) is 26.1 Å². The lowest BCUT2D eigenvalue weighted by Crippen LogP contribution is -2.29. The minimum Gasteiger partial charge on any atom is -0.377 e. The van der Waals surface area contributed by atoms with E-state index in [1.165, 1.54) is 0 Å². The summed E-state index contributed by atoms with van der Waals surface area (Å²) in [6.45, 7) is 8.56. The van der Waals surface area contributed by atoms with Gasteiger partial charge < -0.3 is 5.32 Å². The second kappa shape index (κ2) is 4.67. The normalized spacial score (nSPS) is 10.6. The molecule has 0 fully saturated rings. The summed E-state index contributed by atoms with van der Waals surface area (Å²) in [6, 6.07) is 0.478. The summed E-state index contributed by atoms with van der Waals surface area (Å²) in [5.41, 5.74) is 0. The molecule has 0 atom stereocenters. The number of thiocarbonyl (C=S) groups is 1. The largest absolute Gasteiger partial charge is 0.377 e. The first-order valence-electron chi connectivity index (χ1n) is 3.81. The molecule has 0 aliphatic heterocycles. The summed E-state index contributed by atoms with van der Waals surface area (Å²) in [5.74, 6) is 0.666. The molecule has 60 valence electrons. The Morgan fingerprint density at radius 2 is 1.80 bits per heavy atom. The van der Waals surface area contributed by atoms with Crippen LogP contribution in [-0.4, -0.2) is 11.0 Å². The topological polar surface area (TPSA) is 12.0 Å². The van der Waals surface area contributed by atoms with E-state index in [1.54, 1.807) is 0 Å². The van der Waals surface area contributed by atoms with E-state index >= 15 is 0 Å². The zero-order chi connectivity index (χ0) is 8.15. The highest BCUT2D eigenvalue weighted by Gasteiger charge is 2.00. The Balaban J connectivity index is 3.44. The van der Waals surface area contributed by atoms with Crippen LogP contribution in [0.15, 0.2) is 0 Å². The van der Waals surface area contributed by atoms with E-state index in [-0.39, 0.29) is 0 Å². The van der Waals surface area contributed by atoms with E-state index in [2.05, 4.69) is 33.0 Å². The maximum absolute atomic E-state index is 5.10. The van der Waals surface area contributed by atoms with Crippen LogP contribution in [0.4, 0.5) is 0 Å². The van der Waals surface area contributed by atoms with Gasteiger partial charge >= 0.3 is 0 Å². The lowest BCUT2D eigenvalue weighted by atomic mass is 10.1. The van der Waals surface area contributed by atoms with E-state index in [0.717, 1.165) is 11.4 Å². The van der Waals surface area contributed by atoms with Gasteiger partial charge in [0.05, 0.1) is 4.99 Å². The molecule has 2 heteroatoms. The molecule has 1 nitrogen and oxygen atoms in total. The summed E-state index contributed by atoms with van der Waals surface area (Å²) in [4.78, 5) is 0.991.